The highest BCUT2D eigenvalue weighted by molar-refractivity contribution is 5.97. The van der Waals surface area contributed by atoms with Gasteiger partial charge in [-0.05, 0) is 25.1 Å². The number of nitrogens with zero attached hydrogens (tertiary/aromatic N) is 1. The van der Waals surface area contributed by atoms with E-state index in [9.17, 15) is 18.0 Å². The molecule has 3 nitrogen and oxygen atoms in total. The van der Waals surface area contributed by atoms with Crippen molar-refractivity contribution in [2.45, 2.75) is 13.3 Å². The molecule has 0 heterocycles. The molecule has 1 aromatic carbocycles. The van der Waals surface area contributed by atoms with Crippen LogP contribution in [0.4, 0.5) is 13.2 Å². The lowest BCUT2D eigenvalue weighted by molar-refractivity contribution is -0.274. The third kappa shape index (κ3) is 2.98. The zero-order valence-corrected chi connectivity index (χ0v) is 8.13. The first kappa shape index (κ1) is 12.0. The third-order valence-electron chi connectivity index (χ3n) is 1.72. The number of hydrogen-bond acceptors (Lipinski definition) is 3. The second-order valence-electron chi connectivity index (χ2n) is 2.93. The van der Waals surface area contributed by atoms with Crippen LogP contribution in [0.2, 0.25) is 0 Å². The number of hydrogen-bond donors (Lipinski definition) is 0. The molecule has 0 aliphatic carbocycles. The molecule has 0 fully saturated rings. The minimum Gasteiger partial charge on any atom is -0.405 e. The van der Waals surface area contributed by atoms with Gasteiger partial charge in [0.05, 0.1) is 17.2 Å². The highest BCUT2D eigenvalue weighted by Gasteiger charge is 2.32. The molecule has 0 amide bonds. The number of carbonyl (C=O) groups is 1. The molecule has 0 aliphatic rings. The summed E-state index contributed by atoms with van der Waals surface area (Å²) in [5.41, 5.74) is -0.222. The van der Waals surface area contributed by atoms with Crippen LogP contribution < -0.4 is 4.74 Å². The molecular formula is C10H6F3NO2. The predicted molar refractivity (Wildman–Crippen MR) is 47.8 cm³/mol. The average Bonchev–Trinajstić information content (AvgIpc) is 2.14. The van der Waals surface area contributed by atoms with Crippen LogP contribution in [0.5, 0.6) is 5.75 Å². The van der Waals surface area contributed by atoms with Gasteiger partial charge in [-0.1, -0.05) is 0 Å². The number of rotatable bonds is 2. The van der Waals surface area contributed by atoms with Gasteiger partial charge in [-0.25, -0.2) is 0 Å². The first-order valence-electron chi connectivity index (χ1n) is 4.14. The van der Waals surface area contributed by atoms with Crippen molar-refractivity contribution >= 4 is 5.78 Å². The lowest BCUT2D eigenvalue weighted by Gasteiger charge is -2.11. The van der Waals surface area contributed by atoms with Crippen molar-refractivity contribution in [3.05, 3.63) is 29.3 Å². The van der Waals surface area contributed by atoms with E-state index >= 15 is 0 Å². The maximum atomic E-state index is 12.0. The minimum absolute atomic E-state index is 0.00995. The monoisotopic (exact) mass is 229 g/mol. The van der Waals surface area contributed by atoms with Gasteiger partial charge in [0, 0.05) is 0 Å². The Bertz CT molecular complexity index is 460. The quantitative estimate of drug-likeness (QED) is 0.732. The number of ether oxygens (including phenoxy) is 1. The largest absolute Gasteiger partial charge is 0.573 e. The van der Waals surface area contributed by atoms with Crippen molar-refractivity contribution in [3.8, 4) is 11.8 Å². The van der Waals surface area contributed by atoms with Crippen LogP contribution in [0, 0.1) is 11.3 Å². The zero-order valence-electron chi connectivity index (χ0n) is 8.13. The molecule has 0 radical (unpaired) electrons. The maximum absolute atomic E-state index is 12.0. The van der Waals surface area contributed by atoms with Crippen molar-refractivity contribution in [2.75, 3.05) is 0 Å². The van der Waals surface area contributed by atoms with E-state index in [1.54, 1.807) is 6.07 Å². The number of Topliss-reactive ketones (excluding diaryl/α,β-unsaturated/α-hetero) is 1. The van der Waals surface area contributed by atoms with Crippen LogP contribution in [0.3, 0.4) is 0 Å². The molecule has 84 valence electrons. The van der Waals surface area contributed by atoms with Gasteiger partial charge < -0.3 is 4.74 Å². The second kappa shape index (κ2) is 4.23. The third-order valence-corrected chi connectivity index (χ3v) is 1.72. The summed E-state index contributed by atoms with van der Waals surface area (Å²) in [4.78, 5) is 11.0. The second-order valence-corrected chi connectivity index (χ2v) is 2.93. The summed E-state index contributed by atoms with van der Waals surface area (Å²) in [6.07, 6.45) is -4.89. The molecule has 0 spiro atoms. The van der Waals surface area contributed by atoms with E-state index in [2.05, 4.69) is 4.74 Å². The van der Waals surface area contributed by atoms with E-state index in [4.69, 9.17) is 5.26 Å². The van der Waals surface area contributed by atoms with Crippen molar-refractivity contribution in [1.82, 2.24) is 0 Å². The van der Waals surface area contributed by atoms with E-state index in [1.165, 1.54) is 6.07 Å². The number of benzene rings is 1. The van der Waals surface area contributed by atoms with Gasteiger partial charge in [0.25, 0.3) is 0 Å². The molecule has 0 saturated heterocycles. The number of ketones is 1. The van der Waals surface area contributed by atoms with Crippen LogP contribution in [-0.2, 0) is 0 Å². The Morgan fingerprint density at radius 1 is 1.44 bits per heavy atom. The molecule has 1 aromatic rings. The number of nitriles is 1. The smallest absolute Gasteiger partial charge is 0.405 e. The summed E-state index contributed by atoms with van der Waals surface area (Å²) < 4.78 is 39.7. The van der Waals surface area contributed by atoms with Gasteiger partial charge in [-0.15, -0.1) is 13.2 Å². The van der Waals surface area contributed by atoms with Crippen LogP contribution in [0.1, 0.15) is 22.8 Å². The van der Waals surface area contributed by atoms with Gasteiger partial charge >= 0.3 is 6.36 Å². The van der Waals surface area contributed by atoms with Crippen molar-refractivity contribution in [1.29, 1.82) is 5.26 Å². The van der Waals surface area contributed by atoms with Crippen molar-refractivity contribution < 1.29 is 22.7 Å². The van der Waals surface area contributed by atoms with Crippen molar-refractivity contribution in [3.63, 3.8) is 0 Å². The Hall–Kier alpha value is -2.03. The molecule has 0 bridgehead atoms. The first-order chi connectivity index (χ1) is 7.33. The fourth-order valence-electron chi connectivity index (χ4n) is 1.09. The van der Waals surface area contributed by atoms with E-state index in [0.717, 1.165) is 19.1 Å². The zero-order chi connectivity index (χ0) is 12.3. The molecule has 1 rings (SSSR count). The molecule has 0 aliphatic heterocycles. The highest BCUT2D eigenvalue weighted by atomic mass is 19.4. The van der Waals surface area contributed by atoms with Crippen LogP contribution in [-0.4, -0.2) is 12.1 Å². The van der Waals surface area contributed by atoms with E-state index in [-0.39, 0.29) is 11.1 Å². The number of carbonyl (C=O) groups excluding carboxylic acids is 1. The standard InChI is InChI=1S/C10H6F3NO2/c1-6(15)8-3-2-7(5-14)4-9(8)16-10(11,12)13/h2-4H,1H3. The lowest BCUT2D eigenvalue weighted by Crippen LogP contribution is -2.18. The molecule has 0 aromatic heterocycles. The molecule has 6 heteroatoms. The Morgan fingerprint density at radius 2 is 2.06 bits per heavy atom. The van der Waals surface area contributed by atoms with Gasteiger partial charge in [0.2, 0.25) is 0 Å². The van der Waals surface area contributed by atoms with Gasteiger partial charge in [0.1, 0.15) is 5.75 Å². The Balaban J connectivity index is 3.22. The van der Waals surface area contributed by atoms with Crippen LogP contribution >= 0.6 is 0 Å². The van der Waals surface area contributed by atoms with Gasteiger partial charge in [-0.3, -0.25) is 4.79 Å². The van der Waals surface area contributed by atoms with E-state index < -0.39 is 17.9 Å². The Morgan fingerprint density at radius 3 is 2.50 bits per heavy atom. The molecular weight excluding hydrogens is 223 g/mol. The van der Waals surface area contributed by atoms with Gasteiger partial charge in [0.15, 0.2) is 5.78 Å². The topological polar surface area (TPSA) is 50.1 Å². The minimum atomic E-state index is -4.89. The molecule has 0 unspecified atom stereocenters. The maximum Gasteiger partial charge on any atom is 0.573 e. The van der Waals surface area contributed by atoms with Crippen molar-refractivity contribution in [2.24, 2.45) is 0 Å². The molecule has 16 heavy (non-hydrogen) atoms. The van der Waals surface area contributed by atoms with Gasteiger partial charge in [-0.2, -0.15) is 5.26 Å². The Labute approximate surface area is 89.1 Å². The number of halogens is 3. The summed E-state index contributed by atoms with van der Waals surface area (Å²) in [5, 5.41) is 8.52. The van der Waals surface area contributed by atoms with E-state index in [1.807, 2.05) is 0 Å². The number of alkyl halides is 3. The highest BCUT2D eigenvalue weighted by Crippen LogP contribution is 2.27. The fourth-order valence-corrected chi connectivity index (χ4v) is 1.09. The summed E-state index contributed by atoms with van der Waals surface area (Å²) >= 11 is 0. The normalized spacial score (nSPS) is 10.7. The summed E-state index contributed by atoms with van der Waals surface area (Å²) in [6.45, 7) is 1.12. The summed E-state index contributed by atoms with van der Waals surface area (Å²) in [6, 6.07) is 4.92. The fraction of sp³-hybridized carbons (Fsp3) is 0.200. The molecule has 0 atom stereocenters. The first-order valence-corrected chi connectivity index (χ1v) is 4.14. The summed E-state index contributed by atoms with van der Waals surface area (Å²) in [7, 11) is 0. The molecule has 0 N–H and O–H groups in total. The Kier molecular flexibility index (Phi) is 3.18. The summed E-state index contributed by atoms with van der Waals surface area (Å²) in [5.74, 6) is -1.22. The predicted octanol–water partition coefficient (Wildman–Crippen LogP) is 2.66. The van der Waals surface area contributed by atoms with E-state index in [0.29, 0.717) is 0 Å². The average molecular weight is 229 g/mol. The van der Waals surface area contributed by atoms with Crippen LogP contribution in [0.15, 0.2) is 18.2 Å². The SMILES string of the molecule is CC(=O)c1ccc(C#N)cc1OC(F)(F)F. The van der Waals surface area contributed by atoms with Crippen LogP contribution in [0.25, 0.3) is 0 Å². The molecule has 0 saturated carbocycles. The lowest BCUT2D eigenvalue weighted by atomic mass is 10.1.